The Hall–Kier alpha value is -3.78. The Morgan fingerprint density at radius 2 is 1.92 bits per heavy atom. The number of rotatable bonds is 6. The lowest BCUT2D eigenvalue weighted by molar-refractivity contribution is -0.137. The minimum Gasteiger partial charge on any atom is -0.439 e. The third-order valence-corrected chi connectivity index (χ3v) is 5.61. The summed E-state index contributed by atoms with van der Waals surface area (Å²) < 4.78 is 85.5. The fourth-order valence-electron chi connectivity index (χ4n) is 3.43. The highest BCUT2D eigenvalue weighted by Gasteiger charge is 2.32. The number of amides is 2. The summed E-state index contributed by atoms with van der Waals surface area (Å²) in [5, 5.41) is 2.20. The molecule has 0 atom stereocenters. The lowest BCUT2D eigenvalue weighted by Crippen LogP contribution is -2.33. The van der Waals surface area contributed by atoms with Crippen molar-refractivity contribution in [2.75, 3.05) is 23.0 Å². The number of nitrogens with zero attached hydrogens (tertiary/aromatic N) is 3. The maximum Gasteiger partial charge on any atom is 0.416 e. The number of urea groups is 1. The van der Waals surface area contributed by atoms with Crippen LogP contribution in [0.15, 0.2) is 48.8 Å². The highest BCUT2D eigenvalue weighted by molar-refractivity contribution is 7.85. The van der Waals surface area contributed by atoms with Crippen molar-refractivity contribution in [3.05, 3.63) is 71.4 Å². The molecule has 1 aliphatic rings. The largest absolute Gasteiger partial charge is 0.439 e. The Bertz CT molecular complexity index is 1420. The molecule has 0 saturated carbocycles. The monoisotopic (exact) mass is 526 g/mol. The van der Waals surface area contributed by atoms with Gasteiger partial charge in [0.15, 0.2) is 0 Å². The van der Waals surface area contributed by atoms with Crippen LogP contribution in [0.25, 0.3) is 0 Å². The number of benzene rings is 2. The topological polar surface area (TPSA) is 111 Å². The summed E-state index contributed by atoms with van der Waals surface area (Å²) in [6, 6.07) is 7.18. The zero-order valence-corrected chi connectivity index (χ0v) is 19.4. The second-order valence-corrected chi connectivity index (χ2v) is 9.37. The predicted molar refractivity (Wildman–Crippen MR) is 120 cm³/mol. The van der Waals surface area contributed by atoms with E-state index in [-0.39, 0.29) is 24.7 Å². The number of alkyl halides is 3. The summed E-state index contributed by atoms with van der Waals surface area (Å²) >= 11 is 0. The van der Waals surface area contributed by atoms with Crippen molar-refractivity contribution in [3.8, 4) is 11.6 Å². The van der Waals surface area contributed by atoms with Gasteiger partial charge in [0, 0.05) is 18.3 Å². The Morgan fingerprint density at radius 3 is 2.64 bits per heavy atom. The Labute approximate surface area is 202 Å². The van der Waals surface area contributed by atoms with E-state index in [0.717, 1.165) is 6.26 Å². The maximum atomic E-state index is 14.0. The summed E-state index contributed by atoms with van der Waals surface area (Å²) in [5.41, 5.74) is -0.198. The number of aromatic nitrogens is 2. The van der Waals surface area contributed by atoms with Crippen molar-refractivity contribution < 1.29 is 39.7 Å². The fraction of sp³-hybridized carbons (Fsp3) is 0.227. The SMILES string of the molecule is CS(=O)(=O)OCc1cc(Oc2ccc3c(c2)CCN3C(=O)Nc2cc(C(F)(F)F)ccc2F)ncn1. The number of nitrogens with one attached hydrogen (secondary N) is 1. The summed E-state index contributed by atoms with van der Waals surface area (Å²) in [6.45, 7) is -0.0792. The van der Waals surface area contributed by atoms with Crippen LogP contribution in [-0.4, -0.2) is 37.2 Å². The predicted octanol–water partition coefficient (Wildman–Crippen LogP) is 4.50. The average Bonchev–Trinajstić information content (AvgIpc) is 3.21. The van der Waals surface area contributed by atoms with Crippen LogP contribution in [0, 0.1) is 5.82 Å². The van der Waals surface area contributed by atoms with Gasteiger partial charge in [0.1, 0.15) is 24.5 Å². The van der Waals surface area contributed by atoms with Gasteiger partial charge in [-0.3, -0.25) is 9.08 Å². The number of ether oxygens (including phenoxy) is 1. The van der Waals surface area contributed by atoms with Gasteiger partial charge in [-0.05, 0) is 48.4 Å². The molecule has 1 aromatic heterocycles. The van der Waals surface area contributed by atoms with Gasteiger partial charge < -0.3 is 10.1 Å². The van der Waals surface area contributed by atoms with Crippen molar-refractivity contribution in [2.24, 2.45) is 0 Å². The normalized spacial score (nSPS) is 13.4. The number of halogens is 4. The molecule has 0 fully saturated rings. The van der Waals surface area contributed by atoms with E-state index >= 15 is 0 Å². The molecule has 190 valence electrons. The van der Waals surface area contributed by atoms with Gasteiger partial charge in [0.05, 0.1) is 23.2 Å². The first kappa shape index (κ1) is 25.3. The van der Waals surface area contributed by atoms with Crippen LogP contribution < -0.4 is 15.0 Å². The smallest absolute Gasteiger partial charge is 0.416 e. The van der Waals surface area contributed by atoms with E-state index in [4.69, 9.17) is 8.92 Å². The molecule has 2 aromatic carbocycles. The summed E-state index contributed by atoms with van der Waals surface area (Å²) in [4.78, 5) is 21.9. The Balaban J connectivity index is 1.46. The minimum atomic E-state index is -4.69. The van der Waals surface area contributed by atoms with E-state index in [1.807, 2.05) is 0 Å². The maximum absolute atomic E-state index is 14.0. The van der Waals surface area contributed by atoms with E-state index in [1.165, 1.54) is 17.3 Å². The number of hydrogen-bond donors (Lipinski definition) is 1. The molecule has 1 aliphatic heterocycles. The van der Waals surface area contributed by atoms with E-state index in [0.29, 0.717) is 41.6 Å². The molecule has 1 N–H and O–H groups in total. The Morgan fingerprint density at radius 1 is 1.14 bits per heavy atom. The minimum absolute atomic E-state index is 0.129. The van der Waals surface area contributed by atoms with Crippen LogP contribution in [0.1, 0.15) is 16.8 Å². The van der Waals surface area contributed by atoms with Crippen molar-refractivity contribution in [1.82, 2.24) is 9.97 Å². The zero-order chi connectivity index (χ0) is 26.1. The van der Waals surface area contributed by atoms with Gasteiger partial charge in [0.2, 0.25) is 5.88 Å². The molecular weight excluding hydrogens is 508 g/mol. The third-order valence-electron chi connectivity index (χ3n) is 5.07. The van der Waals surface area contributed by atoms with Crippen molar-refractivity contribution in [2.45, 2.75) is 19.2 Å². The van der Waals surface area contributed by atoms with Crippen LogP contribution in [0.4, 0.5) is 33.7 Å². The molecule has 2 amide bonds. The third kappa shape index (κ3) is 6.07. The van der Waals surface area contributed by atoms with Crippen LogP contribution in [0.3, 0.4) is 0 Å². The highest BCUT2D eigenvalue weighted by Crippen LogP contribution is 2.35. The molecule has 2 heterocycles. The number of fused-ring (bicyclic) bond motifs is 1. The van der Waals surface area contributed by atoms with Crippen LogP contribution in [0.5, 0.6) is 11.6 Å². The van der Waals surface area contributed by atoms with Crippen LogP contribution in [-0.2, 0) is 33.5 Å². The molecule has 0 radical (unpaired) electrons. The molecule has 4 rings (SSSR count). The molecule has 14 heteroatoms. The van der Waals surface area contributed by atoms with Gasteiger partial charge in [-0.15, -0.1) is 0 Å². The molecular formula is C22H18F4N4O5S. The quantitative estimate of drug-likeness (QED) is 0.372. The molecule has 0 spiro atoms. The molecule has 3 aromatic rings. The molecule has 9 nitrogen and oxygen atoms in total. The van der Waals surface area contributed by atoms with Gasteiger partial charge in [-0.2, -0.15) is 21.6 Å². The Kier molecular flexibility index (Phi) is 6.82. The molecule has 0 aliphatic carbocycles. The lowest BCUT2D eigenvalue weighted by atomic mass is 10.1. The first-order valence-electron chi connectivity index (χ1n) is 10.3. The van der Waals surface area contributed by atoms with Crippen LogP contribution >= 0.6 is 0 Å². The number of anilines is 2. The first-order chi connectivity index (χ1) is 16.9. The number of carbonyl (C=O) groups excluding carboxylic acids is 1. The van der Waals surface area contributed by atoms with Crippen molar-refractivity contribution in [1.29, 1.82) is 0 Å². The second kappa shape index (κ2) is 9.70. The first-order valence-corrected chi connectivity index (χ1v) is 12.1. The van der Waals surface area contributed by atoms with Gasteiger partial charge in [-0.25, -0.2) is 19.2 Å². The summed E-state index contributed by atoms with van der Waals surface area (Å²) in [7, 11) is -3.65. The number of hydrogen-bond acceptors (Lipinski definition) is 7. The lowest BCUT2D eigenvalue weighted by Gasteiger charge is -2.19. The van der Waals surface area contributed by atoms with Gasteiger partial charge in [-0.1, -0.05) is 0 Å². The van der Waals surface area contributed by atoms with E-state index < -0.39 is 39.4 Å². The average molecular weight is 526 g/mol. The van der Waals surface area contributed by atoms with E-state index in [1.54, 1.807) is 18.2 Å². The fourth-order valence-corrected chi connectivity index (χ4v) is 3.77. The van der Waals surface area contributed by atoms with Crippen molar-refractivity contribution >= 4 is 27.5 Å². The van der Waals surface area contributed by atoms with E-state index in [2.05, 4.69) is 15.3 Å². The summed E-state index contributed by atoms with van der Waals surface area (Å²) in [6.07, 6.45) is -2.17. The highest BCUT2D eigenvalue weighted by atomic mass is 32.2. The van der Waals surface area contributed by atoms with Crippen molar-refractivity contribution in [3.63, 3.8) is 0 Å². The summed E-state index contributed by atoms with van der Waals surface area (Å²) in [5.74, 6) is -0.496. The van der Waals surface area contributed by atoms with E-state index in [9.17, 15) is 30.8 Å². The molecule has 36 heavy (non-hydrogen) atoms. The second-order valence-electron chi connectivity index (χ2n) is 7.73. The standard InChI is InChI=1S/C22H18F4N4O5S/c1-36(32,33)34-11-15-10-20(28-12-27-15)35-16-3-5-19-13(8-16)6-7-30(19)21(31)29-18-9-14(22(24,25)26)2-4-17(18)23/h2-5,8-10,12H,6-7,11H2,1H3,(H,29,31). The van der Waals surface area contributed by atoms with Gasteiger partial charge >= 0.3 is 12.2 Å². The zero-order valence-electron chi connectivity index (χ0n) is 18.5. The van der Waals surface area contributed by atoms with Crippen LogP contribution in [0.2, 0.25) is 0 Å². The number of carbonyl (C=O) groups is 1. The van der Waals surface area contributed by atoms with Gasteiger partial charge in [0.25, 0.3) is 10.1 Å². The molecule has 0 bridgehead atoms. The molecule has 0 unspecified atom stereocenters. The molecule has 0 saturated heterocycles.